The number of nitrogens with zero attached hydrogens (tertiary/aromatic N) is 4. The number of nitrogen functional groups attached to an aromatic ring is 2. The molecule has 37 heavy (non-hydrogen) atoms. The monoisotopic (exact) mass is 496 g/mol. The molecule has 0 radical (unpaired) electrons. The molecule has 0 unspecified atom stereocenters. The number of hydrogen-bond acceptors (Lipinski definition) is 5. The zero-order valence-electron chi connectivity index (χ0n) is 21.4. The molecule has 0 atom stereocenters. The fraction of sp³-hybridized carbons (Fsp3) is 0.207. The number of aromatic nitrogens is 2. The molecule has 3 aromatic carbocycles. The van der Waals surface area contributed by atoms with Gasteiger partial charge in [0.2, 0.25) is 0 Å². The minimum atomic E-state index is -0.00991. The van der Waals surface area contributed by atoms with E-state index >= 15 is 0 Å². The van der Waals surface area contributed by atoms with Crippen molar-refractivity contribution in [2.24, 2.45) is 7.05 Å². The number of hydrogen-bond donors (Lipinski definition) is 2. The zero-order chi connectivity index (χ0) is 26.5. The van der Waals surface area contributed by atoms with E-state index < -0.39 is 0 Å². The van der Waals surface area contributed by atoms with Gasteiger partial charge in [-0.05, 0) is 35.4 Å². The van der Waals surface area contributed by atoms with Crippen molar-refractivity contribution >= 4 is 28.9 Å². The fourth-order valence-electron chi connectivity index (χ4n) is 4.50. The molecule has 1 aromatic heterocycles. The normalized spacial score (nSPS) is 13.4. The van der Waals surface area contributed by atoms with Gasteiger partial charge in [-0.2, -0.15) is 0 Å². The van der Waals surface area contributed by atoms with Gasteiger partial charge in [-0.15, -0.1) is 0 Å². The first kappa shape index (κ1) is 25.5. The van der Waals surface area contributed by atoms with Gasteiger partial charge in [-0.25, -0.2) is 4.98 Å². The Morgan fingerprint density at radius 3 is 1.92 bits per heavy atom. The molecule has 2 aliphatic rings. The quantitative estimate of drug-likeness (QED) is 0.402. The molecule has 8 nitrogen and oxygen atoms in total. The lowest BCUT2D eigenvalue weighted by Crippen LogP contribution is -2.25. The lowest BCUT2D eigenvalue weighted by molar-refractivity contribution is 0.0762. The van der Waals surface area contributed by atoms with E-state index in [4.69, 9.17) is 11.5 Å². The zero-order valence-corrected chi connectivity index (χ0v) is 21.4. The van der Waals surface area contributed by atoms with Crippen molar-refractivity contribution in [2.75, 3.05) is 16.4 Å². The van der Waals surface area contributed by atoms with Gasteiger partial charge in [0.1, 0.15) is 5.82 Å². The second-order valence-corrected chi connectivity index (χ2v) is 8.61. The van der Waals surface area contributed by atoms with Crippen LogP contribution in [0.15, 0.2) is 79.1 Å². The second kappa shape index (κ2) is 11.0. The van der Waals surface area contributed by atoms with E-state index in [-0.39, 0.29) is 11.8 Å². The Kier molecular flexibility index (Phi) is 7.57. The van der Waals surface area contributed by atoms with E-state index in [2.05, 4.69) is 4.98 Å². The summed E-state index contributed by atoms with van der Waals surface area (Å²) in [5, 5.41) is 0. The molecule has 0 bridgehead atoms. The Morgan fingerprint density at radius 1 is 0.784 bits per heavy atom. The minimum Gasteiger partial charge on any atom is -0.398 e. The molecule has 4 aromatic rings. The van der Waals surface area contributed by atoms with Crippen molar-refractivity contribution in [3.63, 3.8) is 0 Å². The number of carbonyl (C=O) groups is 2. The van der Waals surface area contributed by atoms with E-state index in [1.165, 1.54) is 0 Å². The number of amides is 2. The van der Waals surface area contributed by atoms with Gasteiger partial charge in [-0.1, -0.05) is 56.3 Å². The SMILES string of the molecule is CC.Cn1ccnc1CN1Cc2cccc(N)c2C1=O.Nc1cccc2c1C(=O)N(c1ccccc1)C2. The summed E-state index contributed by atoms with van der Waals surface area (Å²) in [4.78, 5) is 32.3. The molecule has 0 aliphatic carbocycles. The average Bonchev–Trinajstić information content (AvgIpc) is 3.58. The first-order valence-corrected chi connectivity index (χ1v) is 12.3. The average molecular weight is 497 g/mol. The minimum absolute atomic E-state index is 0.00824. The van der Waals surface area contributed by atoms with Gasteiger partial charge < -0.3 is 25.8 Å². The van der Waals surface area contributed by atoms with Crippen LogP contribution in [0.25, 0.3) is 0 Å². The Labute approximate surface area is 217 Å². The highest BCUT2D eigenvalue weighted by molar-refractivity contribution is 6.13. The predicted molar refractivity (Wildman–Crippen MR) is 147 cm³/mol. The van der Waals surface area contributed by atoms with Gasteiger partial charge >= 0.3 is 0 Å². The molecule has 0 spiro atoms. The fourth-order valence-corrected chi connectivity index (χ4v) is 4.50. The first-order chi connectivity index (χ1) is 17.9. The summed E-state index contributed by atoms with van der Waals surface area (Å²) in [7, 11) is 1.92. The van der Waals surface area contributed by atoms with E-state index in [0.717, 1.165) is 22.6 Å². The van der Waals surface area contributed by atoms with Crippen molar-refractivity contribution < 1.29 is 9.59 Å². The van der Waals surface area contributed by atoms with Gasteiger partial charge in [0.25, 0.3) is 11.8 Å². The number of nitrogens with two attached hydrogens (primary N) is 2. The summed E-state index contributed by atoms with van der Waals surface area (Å²) in [5.41, 5.74) is 17.0. The molecule has 2 aliphatic heterocycles. The predicted octanol–water partition coefficient (Wildman–Crippen LogP) is 4.61. The molecule has 0 fully saturated rings. The molecule has 190 valence electrons. The summed E-state index contributed by atoms with van der Waals surface area (Å²) >= 11 is 0. The van der Waals surface area contributed by atoms with Crippen molar-refractivity contribution in [1.82, 2.24) is 14.5 Å². The number of fused-ring (bicyclic) bond motifs is 2. The largest absolute Gasteiger partial charge is 0.398 e. The molecular formula is C29H32N6O2. The molecule has 3 heterocycles. The Morgan fingerprint density at radius 2 is 1.38 bits per heavy atom. The number of para-hydroxylation sites is 1. The number of anilines is 3. The lowest BCUT2D eigenvalue weighted by atomic mass is 10.1. The topological polar surface area (TPSA) is 110 Å². The highest BCUT2D eigenvalue weighted by Gasteiger charge is 2.30. The van der Waals surface area contributed by atoms with Crippen LogP contribution in [-0.4, -0.2) is 26.3 Å². The van der Waals surface area contributed by atoms with Crippen molar-refractivity contribution in [3.8, 4) is 0 Å². The van der Waals surface area contributed by atoms with Crippen molar-refractivity contribution in [3.05, 3.63) is 107 Å². The maximum absolute atomic E-state index is 12.3. The summed E-state index contributed by atoms with van der Waals surface area (Å²) in [6, 6.07) is 20.8. The molecule has 2 amide bonds. The maximum Gasteiger partial charge on any atom is 0.261 e. The summed E-state index contributed by atoms with van der Waals surface area (Å²) in [6.07, 6.45) is 3.61. The third kappa shape index (κ3) is 5.04. The van der Waals surface area contributed by atoms with Crippen LogP contribution in [-0.2, 0) is 26.7 Å². The highest BCUT2D eigenvalue weighted by atomic mass is 16.2. The van der Waals surface area contributed by atoms with Gasteiger partial charge in [0.15, 0.2) is 0 Å². The standard InChI is InChI=1S/C14H12N2O.C13H14N4O.C2H6/c15-12-8-4-5-10-9-16(14(17)13(10)12)11-6-2-1-3-7-11;1-16-6-5-15-11(16)8-17-7-9-3-2-4-10(14)12(9)13(17)18;1-2/h1-8H,9,15H2;2-6H,7-8,14H2,1H3;1-2H3. The van der Waals surface area contributed by atoms with E-state index in [0.29, 0.717) is 42.1 Å². The molecule has 0 saturated heterocycles. The summed E-state index contributed by atoms with van der Waals surface area (Å²) in [5.74, 6) is 0.852. The van der Waals surface area contributed by atoms with Crippen LogP contribution in [0.3, 0.4) is 0 Å². The Balaban J connectivity index is 0.000000162. The van der Waals surface area contributed by atoms with E-state index in [1.807, 2.05) is 86.3 Å². The molecule has 8 heteroatoms. The van der Waals surface area contributed by atoms with Gasteiger partial charge in [-0.3, -0.25) is 9.59 Å². The number of rotatable bonds is 3. The number of benzene rings is 3. The van der Waals surface area contributed by atoms with Crippen LogP contribution in [0.4, 0.5) is 17.1 Å². The van der Waals surface area contributed by atoms with Gasteiger partial charge in [0, 0.05) is 43.0 Å². The van der Waals surface area contributed by atoms with Crippen LogP contribution in [0.1, 0.15) is 51.5 Å². The Hall–Kier alpha value is -4.59. The van der Waals surface area contributed by atoms with E-state index in [1.54, 1.807) is 28.1 Å². The van der Waals surface area contributed by atoms with Crippen LogP contribution >= 0.6 is 0 Å². The number of aryl methyl sites for hydroxylation is 1. The van der Waals surface area contributed by atoms with Crippen molar-refractivity contribution in [2.45, 2.75) is 33.5 Å². The van der Waals surface area contributed by atoms with Crippen LogP contribution < -0.4 is 16.4 Å². The van der Waals surface area contributed by atoms with Crippen LogP contribution in [0.2, 0.25) is 0 Å². The molecule has 6 rings (SSSR count). The third-order valence-electron chi connectivity index (χ3n) is 6.34. The van der Waals surface area contributed by atoms with Crippen LogP contribution in [0, 0.1) is 0 Å². The molecule has 4 N–H and O–H groups in total. The number of carbonyl (C=O) groups excluding carboxylic acids is 2. The third-order valence-corrected chi connectivity index (χ3v) is 6.34. The van der Waals surface area contributed by atoms with Gasteiger partial charge in [0.05, 0.1) is 24.2 Å². The highest BCUT2D eigenvalue weighted by Crippen LogP contribution is 2.31. The first-order valence-electron chi connectivity index (χ1n) is 12.3. The summed E-state index contributed by atoms with van der Waals surface area (Å²) in [6.45, 7) is 5.71. The summed E-state index contributed by atoms with van der Waals surface area (Å²) < 4.78 is 1.92. The van der Waals surface area contributed by atoms with Crippen LogP contribution in [0.5, 0.6) is 0 Å². The molecular weight excluding hydrogens is 464 g/mol. The Bertz CT molecular complexity index is 1410. The van der Waals surface area contributed by atoms with E-state index in [9.17, 15) is 9.59 Å². The lowest BCUT2D eigenvalue weighted by Gasteiger charge is -2.15. The maximum atomic E-state index is 12.3. The molecule has 0 saturated carbocycles. The smallest absolute Gasteiger partial charge is 0.261 e. The number of imidazole rings is 1. The van der Waals surface area contributed by atoms with Crippen molar-refractivity contribution in [1.29, 1.82) is 0 Å². The second-order valence-electron chi connectivity index (χ2n) is 8.61.